The van der Waals surface area contributed by atoms with Crippen molar-refractivity contribution in [3.63, 3.8) is 0 Å². The minimum absolute atomic E-state index is 0.0902. The van der Waals surface area contributed by atoms with Crippen molar-refractivity contribution in [3.8, 4) is 5.69 Å². The van der Waals surface area contributed by atoms with Gasteiger partial charge < -0.3 is 9.64 Å². The number of hydrogen-bond acceptors (Lipinski definition) is 7. The molecule has 2 aromatic heterocycles. The Labute approximate surface area is 180 Å². The van der Waals surface area contributed by atoms with Crippen LogP contribution < -0.4 is 4.90 Å². The van der Waals surface area contributed by atoms with Gasteiger partial charge in [0, 0.05) is 13.1 Å². The van der Waals surface area contributed by atoms with Crippen LogP contribution in [-0.2, 0) is 4.74 Å². The van der Waals surface area contributed by atoms with E-state index in [9.17, 15) is 4.79 Å². The SMILES string of the molecule is Cc1cccc(-n2c(SCC(=O)c3ccc(Br)s3)nnc2N2CCOCC2)c1. The molecule has 0 N–H and O–H groups in total. The highest BCUT2D eigenvalue weighted by Crippen LogP contribution is 2.29. The predicted octanol–water partition coefficient (Wildman–Crippen LogP) is 4.21. The maximum atomic E-state index is 12.5. The van der Waals surface area contributed by atoms with Crippen LogP contribution in [-0.4, -0.2) is 52.6 Å². The first kappa shape index (κ1) is 19.6. The van der Waals surface area contributed by atoms with E-state index in [0.29, 0.717) is 19.0 Å². The van der Waals surface area contributed by atoms with Gasteiger partial charge in [0.2, 0.25) is 5.95 Å². The van der Waals surface area contributed by atoms with Crippen molar-refractivity contribution < 1.29 is 9.53 Å². The Kier molecular flexibility index (Phi) is 6.15. The van der Waals surface area contributed by atoms with E-state index in [1.165, 1.54) is 23.1 Å². The molecule has 0 atom stereocenters. The molecule has 3 aromatic rings. The number of carbonyl (C=O) groups excluding carboxylic acids is 1. The number of ketones is 1. The van der Waals surface area contributed by atoms with Crippen LogP contribution in [0.5, 0.6) is 0 Å². The molecule has 0 spiro atoms. The number of thioether (sulfide) groups is 1. The Bertz CT molecular complexity index is 982. The Hall–Kier alpha value is -1.68. The van der Waals surface area contributed by atoms with E-state index in [1.54, 1.807) is 0 Å². The molecule has 1 aliphatic heterocycles. The summed E-state index contributed by atoms with van der Waals surface area (Å²) < 4.78 is 8.47. The van der Waals surface area contributed by atoms with Gasteiger partial charge in [0.1, 0.15) is 0 Å². The molecule has 0 aliphatic carbocycles. The quantitative estimate of drug-likeness (QED) is 0.390. The fourth-order valence-electron chi connectivity index (χ4n) is 2.98. The largest absolute Gasteiger partial charge is 0.378 e. The third-order valence-electron chi connectivity index (χ3n) is 4.35. The normalized spacial score (nSPS) is 14.4. The van der Waals surface area contributed by atoms with Crippen molar-refractivity contribution in [2.75, 3.05) is 37.0 Å². The van der Waals surface area contributed by atoms with Gasteiger partial charge in [-0.2, -0.15) is 0 Å². The Morgan fingerprint density at radius 1 is 1.25 bits per heavy atom. The van der Waals surface area contributed by atoms with Crippen molar-refractivity contribution in [1.82, 2.24) is 14.8 Å². The molecule has 1 saturated heterocycles. The minimum Gasteiger partial charge on any atom is -0.378 e. The number of nitrogens with zero attached hydrogens (tertiary/aromatic N) is 4. The van der Waals surface area contributed by atoms with Gasteiger partial charge in [-0.05, 0) is 52.7 Å². The number of halogens is 1. The third kappa shape index (κ3) is 4.32. The minimum atomic E-state index is 0.0902. The second kappa shape index (κ2) is 8.77. The van der Waals surface area contributed by atoms with E-state index in [0.717, 1.165) is 44.1 Å². The summed E-state index contributed by atoms with van der Waals surface area (Å²) in [6.45, 7) is 4.96. The van der Waals surface area contributed by atoms with E-state index in [4.69, 9.17) is 4.74 Å². The molecule has 0 radical (unpaired) electrons. The summed E-state index contributed by atoms with van der Waals surface area (Å²) in [6.07, 6.45) is 0. The van der Waals surface area contributed by atoms with Crippen LogP contribution in [0.25, 0.3) is 5.69 Å². The third-order valence-corrected chi connectivity index (χ3v) is 6.94. The molecule has 0 unspecified atom stereocenters. The lowest BCUT2D eigenvalue weighted by Gasteiger charge is -2.28. The molecule has 3 heterocycles. The Balaban J connectivity index is 1.62. The maximum Gasteiger partial charge on any atom is 0.232 e. The molecule has 146 valence electrons. The molecule has 0 saturated carbocycles. The van der Waals surface area contributed by atoms with Crippen molar-refractivity contribution in [2.24, 2.45) is 0 Å². The highest BCUT2D eigenvalue weighted by Gasteiger charge is 2.22. The lowest BCUT2D eigenvalue weighted by atomic mass is 10.2. The number of thiophene rings is 1. The summed E-state index contributed by atoms with van der Waals surface area (Å²) in [7, 11) is 0. The number of carbonyl (C=O) groups is 1. The highest BCUT2D eigenvalue weighted by molar-refractivity contribution is 9.11. The first-order valence-corrected chi connectivity index (χ1v) is 11.5. The van der Waals surface area contributed by atoms with Crippen LogP contribution in [0.4, 0.5) is 5.95 Å². The molecule has 1 aliphatic rings. The zero-order valence-electron chi connectivity index (χ0n) is 15.3. The fraction of sp³-hybridized carbons (Fsp3) is 0.316. The van der Waals surface area contributed by atoms with Crippen LogP contribution in [0.3, 0.4) is 0 Å². The van der Waals surface area contributed by atoms with Gasteiger partial charge in [0.25, 0.3) is 0 Å². The van der Waals surface area contributed by atoms with Gasteiger partial charge in [0.05, 0.1) is 33.3 Å². The first-order valence-electron chi connectivity index (χ1n) is 8.88. The summed E-state index contributed by atoms with van der Waals surface area (Å²) in [4.78, 5) is 15.5. The number of hydrogen-bond donors (Lipinski definition) is 0. The smallest absolute Gasteiger partial charge is 0.232 e. The van der Waals surface area contributed by atoms with E-state index in [1.807, 2.05) is 28.8 Å². The van der Waals surface area contributed by atoms with Crippen molar-refractivity contribution in [1.29, 1.82) is 0 Å². The zero-order chi connectivity index (χ0) is 19.5. The van der Waals surface area contributed by atoms with E-state index in [-0.39, 0.29) is 5.78 Å². The molecule has 1 aromatic carbocycles. The number of Topliss-reactive ketones (excluding diaryl/α,β-unsaturated/α-hetero) is 1. The maximum absolute atomic E-state index is 12.5. The molecule has 0 bridgehead atoms. The summed E-state index contributed by atoms with van der Waals surface area (Å²) in [6, 6.07) is 12.0. The number of benzene rings is 1. The molecule has 9 heteroatoms. The van der Waals surface area contributed by atoms with Crippen molar-refractivity contribution in [3.05, 3.63) is 50.6 Å². The van der Waals surface area contributed by atoms with Gasteiger partial charge in [-0.3, -0.25) is 9.36 Å². The first-order chi connectivity index (χ1) is 13.6. The highest BCUT2D eigenvalue weighted by atomic mass is 79.9. The van der Waals surface area contributed by atoms with Gasteiger partial charge in [-0.15, -0.1) is 21.5 Å². The summed E-state index contributed by atoms with van der Waals surface area (Å²) in [5.41, 5.74) is 2.16. The van der Waals surface area contributed by atoms with E-state index in [2.05, 4.69) is 50.1 Å². The van der Waals surface area contributed by atoms with Crippen LogP contribution >= 0.6 is 39.0 Å². The van der Waals surface area contributed by atoms with E-state index < -0.39 is 0 Å². The van der Waals surface area contributed by atoms with Crippen LogP contribution in [0, 0.1) is 6.92 Å². The standard InChI is InChI=1S/C19H19BrN4O2S2/c1-13-3-2-4-14(11-13)24-18(23-7-9-26-10-8-23)21-22-19(24)27-12-15(25)16-5-6-17(20)28-16/h2-6,11H,7-10,12H2,1H3. The van der Waals surface area contributed by atoms with Gasteiger partial charge >= 0.3 is 0 Å². The number of morpholine rings is 1. The lowest BCUT2D eigenvalue weighted by molar-refractivity contribution is 0.102. The Morgan fingerprint density at radius 2 is 2.07 bits per heavy atom. The number of ether oxygens (including phenoxy) is 1. The van der Waals surface area contributed by atoms with Crippen molar-refractivity contribution >= 4 is 50.8 Å². The summed E-state index contributed by atoms with van der Waals surface area (Å²) in [5, 5.41) is 9.57. The molecule has 4 rings (SSSR count). The second-order valence-corrected chi connectivity index (χ2v) is 9.78. The van der Waals surface area contributed by atoms with Crippen molar-refractivity contribution in [2.45, 2.75) is 12.1 Å². The van der Waals surface area contributed by atoms with Crippen LogP contribution in [0.2, 0.25) is 0 Å². The predicted molar refractivity (Wildman–Crippen MR) is 116 cm³/mol. The fourth-order valence-corrected chi connectivity index (χ4v) is 5.23. The molecular weight excluding hydrogens is 460 g/mol. The molecule has 0 amide bonds. The number of aryl methyl sites for hydroxylation is 1. The molecule has 1 fully saturated rings. The number of rotatable bonds is 6. The average molecular weight is 479 g/mol. The lowest BCUT2D eigenvalue weighted by Crippen LogP contribution is -2.37. The monoisotopic (exact) mass is 478 g/mol. The summed E-state index contributed by atoms with van der Waals surface area (Å²) >= 11 is 6.28. The topological polar surface area (TPSA) is 60.2 Å². The van der Waals surface area contributed by atoms with Gasteiger partial charge in [-0.25, -0.2) is 0 Å². The molecular formula is C19H19BrN4O2S2. The average Bonchev–Trinajstić information content (AvgIpc) is 3.33. The number of anilines is 1. The van der Waals surface area contributed by atoms with Gasteiger partial charge in [0.15, 0.2) is 10.9 Å². The molecule has 28 heavy (non-hydrogen) atoms. The number of aromatic nitrogens is 3. The summed E-state index contributed by atoms with van der Waals surface area (Å²) in [5.74, 6) is 1.20. The Morgan fingerprint density at radius 3 is 2.79 bits per heavy atom. The van der Waals surface area contributed by atoms with E-state index >= 15 is 0 Å². The van der Waals surface area contributed by atoms with Crippen LogP contribution in [0.1, 0.15) is 15.2 Å². The second-order valence-electron chi connectivity index (χ2n) is 6.37. The van der Waals surface area contributed by atoms with Crippen LogP contribution in [0.15, 0.2) is 45.3 Å². The molecule has 6 nitrogen and oxygen atoms in total. The zero-order valence-corrected chi connectivity index (χ0v) is 18.5. The van der Waals surface area contributed by atoms with Gasteiger partial charge in [-0.1, -0.05) is 23.9 Å².